The zero-order chi connectivity index (χ0) is 13.9. The highest BCUT2D eigenvalue weighted by Gasteiger charge is 2.19. The molecule has 0 amide bonds. The van der Waals surface area contributed by atoms with Crippen LogP contribution < -0.4 is 5.32 Å². The van der Waals surface area contributed by atoms with Crippen LogP contribution in [0.3, 0.4) is 0 Å². The molecule has 0 fully saturated rings. The second kappa shape index (κ2) is 6.52. The molecule has 0 saturated heterocycles. The molecule has 0 saturated carbocycles. The van der Waals surface area contributed by atoms with Crippen molar-refractivity contribution < 1.29 is 0 Å². The van der Waals surface area contributed by atoms with Gasteiger partial charge in [0.1, 0.15) is 0 Å². The Balaban J connectivity index is 1.75. The molecule has 3 rings (SSSR count). The molecule has 2 aromatic rings. The molecule has 1 heterocycles. The van der Waals surface area contributed by atoms with Gasteiger partial charge in [0.25, 0.3) is 0 Å². The van der Waals surface area contributed by atoms with Gasteiger partial charge in [0.2, 0.25) is 0 Å². The van der Waals surface area contributed by atoms with Crippen molar-refractivity contribution in [3.63, 3.8) is 0 Å². The van der Waals surface area contributed by atoms with Gasteiger partial charge in [0.05, 0.1) is 0 Å². The van der Waals surface area contributed by atoms with Gasteiger partial charge in [-0.05, 0) is 47.6 Å². The molecule has 1 unspecified atom stereocenters. The normalized spacial score (nSPS) is 17.8. The zero-order valence-corrected chi connectivity index (χ0v) is 14.1. The molecular formula is C16H15BrClNS. The molecule has 1 nitrogen and oxygen atoms in total. The van der Waals surface area contributed by atoms with E-state index in [2.05, 4.69) is 51.6 Å². The number of benzene rings is 2. The molecule has 104 valence electrons. The van der Waals surface area contributed by atoms with Crippen molar-refractivity contribution in [1.82, 2.24) is 5.32 Å². The lowest BCUT2D eigenvalue weighted by Crippen LogP contribution is -2.24. The molecular weight excluding hydrogens is 354 g/mol. The van der Waals surface area contributed by atoms with Crippen molar-refractivity contribution >= 4 is 39.3 Å². The summed E-state index contributed by atoms with van der Waals surface area (Å²) >= 11 is 11.7. The molecule has 1 aliphatic rings. The number of hydrogen-bond acceptors (Lipinski definition) is 2. The smallest absolute Gasteiger partial charge is 0.0451 e. The third-order valence-corrected chi connectivity index (χ3v) is 5.49. The molecule has 0 spiro atoms. The molecule has 4 heteroatoms. The van der Waals surface area contributed by atoms with Crippen molar-refractivity contribution in [2.24, 2.45) is 0 Å². The Hall–Kier alpha value is -0.480. The van der Waals surface area contributed by atoms with E-state index >= 15 is 0 Å². The first-order chi connectivity index (χ1) is 9.74. The fourth-order valence-corrected chi connectivity index (χ4v) is 4.18. The van der Waals surface area contributed by atoms with Gasteiger partial charge in [-0.3, -0.25) is 0 Å². The molecule has 1 atom stereocenters. The van der Waals surface area contributed by atoms with Crippen LogP contribution in [0.15, 0.2) is 51.8 Å². The largest absolute Gasteiger partial charge is 0.306 e. The lowest BCUT2D eigenvalue weighted by molar-refractivity contribution is 0.510. The maximum atomic E-state index is 6.25. The van der Waals surface area contributed by atoms with E-state index in [0.717, 1.165) is 28.0 Å². The maximum absolute atomic E-state index is 6.25. The van der Waals surface area contributed by atoms with Gasteiger partial charge < -0.3 is 5.32 Å². The standard InChI is InChI=1S/C16H15BrClNS/c17-12-5-6-14(18)11(9-12)10-19-15-7-8-20-16-4-2-1-3-13(15)16/h1-6,9,15,19H,7-8,10H2. The predicted octanol–water partition coefficient (Wildman–Crippen LogP) is 5.43. The highest BCUT2D eigenvalue weighted by Crippen LogP contribution is 2.36. The van der Waals surface area contributed by atoms with E-state index in [1.165, 1.54) is 16.2 Å². The van der Waals surface area contributed by atoms with Crippen molar-refractivity contribution in [3.05, 3.63) is 63.1 Å². The predicted molar refractivity (Wildman–Crippen MR) is 90.5 cm³/mol. The van der Waals surface area contributed by atoms with Crippen LogP contribution in [-0.4, -0.2) is 5.75 Å². The summed E-state index contributed by atoms with van der Waals surface area (Å²) in [5.41, 5.74) is 2.55. The summed E-state index contributed by atoms with van der Waals surface area (Å²) in [6, 6.07) is 15.1. The summed E-state index contributed by atoms with van der Waals surface area (Å²) < 4.78 is 1.07. The topological polar surface area (TPSA) is 12.0 Å². The van der Waals surface area contributed by atoms with Crippen LogP contribution in [0.1, 0.15) is 23.6 Å². The Kier molecular flexibility index (Phi) is 4.72. The minimum Gasteiger partial charge on any atom is -0.306 e. The zero-order valence-electron chi connectivity index (χ0n) is 10.9. The van der Waals surface area contributed by atoms with Crippen LogP contribution in [0.5, 0.6) is 0 Å². The van der Waals surface area contributed by atoms with Gasteiger partial charge in [0.15, 0.2) is 0 Å². The van der Waals surface area contributed by atoms with E-state index < -0.39 is 0 Å². The fourth-order valence-electron chi connectivity index (χ4n) is 2.47. The summed E-state index contributed by atoms with van der Waals surface area (Å²) in [5.74, 6) is 1.17. The molecule has 1 aliphatic heterocycles. The van der Waals surface area contributed by atoms with E-state index in [-0.39, 0.29) is 0 Å². The Morgan fingerprint density at radius 2 is 2.10 bits per heavy atom. The molecule has 0 aliphatic carbocycles. The van der Waals surface area contributed by atoms with Crippen LogP contribution in [0.2, 0.25) is 5.02 Å². The van der Waals surface area contributed by atoms with Gasteiger partial charge in [-0.25, -0.2) is 0 Å². The highest BCUT2D eigenvalue weighted by molar-refractivity contribution is 9.10. The number of nitrogens with one attached hydrogen (secondary N) is 1. The van der Waals surface area contributed by atoms with Gasteiger partial charge in [0, 0.05) is 27.0 Å². The lowest BCUT2D eigenvalue weighted by Gasteiger charge is -2.26. The quantitative estimate of drug-likeness (QED) is 0.775. The Bertz CT molecular complexity index is 617. The van der Waals surface area contributed by atoms with Gasteiger partial charge in [-0.2, -0.15) is 0 Å². The van der Waals surface area contributed by atoms with E-state index in [9.17, 15) is 0 Å². The van der Waals surface area contributed by atoms with Crippen molar-refractivity contribution in [2.45, 2.75) is 23.9 Å². The summed E-state index contributed by atoms with van der Waals surface area (Å²) in [5, 5.41) is 4.46. The average molecular weight is 369 g/mol. The first-order valence-corrected chi connectivity index (χ1v) is 8.79. The van der Waals surface area contributed by atoms with Crippen molar-refractivity contribution in [2.75, 3.05) is 5.75 Å². The summed E-state index contributed by atoms with van der Waals surface area (Å²) in [4.78, 5) is 1.40. The highest BCUT2D eigenvalue weighted by atomic mass is 79.9. The van der Waals surface area contributed by atoms with Gasteiger partial charge in [-0.15, -0.1) is 11.8 Å². The summed E-state index contributed by atoms with van der Waals surface area (Å²) in [6.45, 7) is 0.794. The van der Waals surface area contributed by atoms with Crippen molar-refractivity contribution in [1.29, 1.82) is 0 Å². The minimum atomic E-state index is 0.419. The number of rotatable bonds is 3. The van der Waals surface area contributed by atoms with Crippen LogP contribution in [0, 0.1) is 0 Å². The Morgan fingerprint density at radius 3 is 3.00 bits per heavy atom. The SMILES string of the molecule is Clc1ccc(Br)cc1CNC1CCSc2ccccc21. The third kappa shape index (κ3) is 3.22. The fraction of sp³-hybridized carbons (Fsp3) is 0.250. The van der Waals surface area contributed by atoms with Gasteiger partial charge in [-0.1, -0.05) is 45.7 Å². The van der Waals surface area contributed by atoms with E-state index in [1.54, 1.807) is 0 Å². The molecule has 0 radical (unpaired) electrons. The Morgan fingerprint density at radius 1 is 1.25 bits per heavy atom. The monoisotopic (exact) mass is 367 g/mol. The molecule has 2 aromatic carbocycles. The van der Waals surface area contributed by atoms with Crippen LogP contribution in [0.25, 0.3) is 0 Å². The molecule has 0 bridgehead atoms. The second-order valence-electron chi connectivity index (χ2n) is 4.84. The summed E-state index contributed by atoms with van der Waals surface area (Å²) in [6.07, 6.45) is 1.16. The second-order valence-corrected chi connectivity index (χ2v) is 7.30. The van der Waals surface area contributed by atoms with E-state index in [1.807, 2.05) is 23.9 Å². The van der Waals surface area contributed by atoms with Crippen LogP contribution in [-0.2, 0) is 6.54 Å². The number of fused-ring (bicyclic) bond motifs is 1. The first kappa shape index (κ1) is 14.5. The summed E-state index contributed by atoms with van der Waals surface area (Å²) in [7, 11) is 0. The van der Waals surface area contributed by atoms with Gasteiger partial charge >= 0.3 is 0 Å². The molecule has 1 N–H and O–H groups in total. The van der Waals surface area contributed by atoms with Crippen molar-refractivity contribution in [3.8, 4) is 0 Å². The lowest BCUT2D eigenvalue weighted by atomic mass is 10.0. The number of hydrogen-bond donors (Lipinski definition) is 1. The molecule has 0 aromatic heterocycles. The average Bonchev–Trinajstić information content (AvgIpc) is 2.48. The van der Waals surface area contributed by atoms with Crippen LogP contribution >= 0.6 is 39.3 Å². The minimum absolute atomic E-state index is 0.419. The maximum Gasteiger partial charge on any atom is 0.0451 e. The van der Waals surface area contributed by atoms with E-state index in [4.69, 9.17) is 11.6 Å². The van der Waals surface area contributed by atoms with Crippen LogP contribution in [0.4, 0.5) is 0 Å². The van der Waals surface area contributed by atoms with E-state index in [0.29, 0.717) is 6.04 Å². The Labute approximate surface area is 137 Å². The first-order valence-electron chi connectivity index (χ1n) is 6.63. The number of thioether (sulfide) groups is 1. The third-order valence-electron chi connectivity index (χ3n) is 3.51. The number of halogens is 2. The molecule has 20 heavy (non-hydrogen) atoms.